The van der Waals surface area contributed by atoms with Crippen molar-refractivity contribution in [2.75, 3.05) is 17.2 Å². The number of rotatable bonds is 8. The average Bonchev–Trinajstić information content (AvgIpc) is 3.68. The standard InChI is InChI=1S/C33H32FN9/c1-32(2,3)20-39-30-23(17-36)18-38-29-22(16-35)14-25(15-26(29)30)40-31(21-7-9-24(34)10-8-21)27-19-43(42-41-27)33(11-12-33)28-6-4-5-13-37-28/h4-10,13-15,18-19,31,40-42H,11-12,20H2,1-3H3,(H,38,39)/t31-/m0/s1. The fourth-order valence-corrected chi connectivity index (χ4v) is 5.35. The molecule has 0 amide bonds. The summed E-state index contributed by atoms with van der Waals surface area (Å²) in [6.45, 7) is 6.94. The first-order chi connectivity index (χ1) is 20.7. The lowest BCUT2D eigenvalue weighted by Gasteiger charge is -2.26. The third kappa shape index (κ3) is 5.53. The SMILES string of the molecule is CC(C)(C)CNc1c(C#N)cnc2c(C#N)cc(N[C@H](C3=CN(C4(c5ccccn5)CC4)NN3)c3ccc(F)cc3)cc12. The summed E-state index contributed by atoms with van der Waals surface area (Å²) >= 11 is 0. The molecule has 0 saturated heterocycles. The average molecular weight is 574 g/mol. The molecule has 2 aliphatic rings. The van der Waals surface area contributed by atoms with E-state index < -0.39 is 6.04 Å². The lowest BCUT2D eigenvalue weighted by molar-refractivity contribution is 0.173. The summed E-state index contributed by atoms with van der Waals surface area (Å²) in [5.74, 6) is -0.329. The number of halogens is 1. The molecule has 4 aromatic rings. The lowest BCUT2D eigenvalue weighted by Crippen LogP contribution is -2.44. The molecule has 3 heterocycles. The Hall–Kier alpha value is -5.19. The fourth-order valence-electron chi connectivity index (χ4n) is 5.35. The van der Waals surface area contributed by atoms with Crippen molar-refractivity contribution in [2.24, 2.45) is 5.41 Å². The van der Waals surface area contributed by atoms with E-state index in [-0.39, 0.29) is 16.8 Å². The van der Waals surface area contributed by atoms with Gasteiger partial charge in [-0.25, -0.2) is 4.39 Å². The van der Waals surface area contributed by atoms with Crippen LogP contribution >= 0.6 is 0 Å². The van der Waals surface area contributed by atoms with Crippen LogP contribution < -0.4 is 21.6 Å². The van der Waals surface area contributed by atoms with E-state index in [4.69, 9.17) is 0 Å². The first-order valence-corrected chi connectivity index (χ1v) is 14.2. The zero-order chi connectivity index (χ0) is 30.2. The molecule has 10 heteroatoms. The number of nitrogens with one attached hydrogen (secondary N) is 4. The van der Waals surface area contributed by atoms with Gasteiger partial charge in [-0.05, 0) is 60.2 Å². The highest BCUT2D eigenvalue weighted by Crippen LogP contribution is 2.50. The first kappa shape index (κ1) is 28.0. The van der Waals surface area contributed by atoms with E-state index in [1.165, 1.54) is 18.3 Å². The number of benzene rings is 2. The van der Waals surface area contributed by atoms with E-state index in [2.05, 4.69) is 64.5 Å². The quantitative estimate of drug-likeness (QED) is 0.201. The summed E-state index contributed by atoms with van der Waals surface area (Å²) in [6, 6.07) is 20.0. The van der Waals surface area contributed by atoms with Crippen LogP contribution in [0.15, 0.2) is 78.9 Å². The second kappa shape index (κ2) is 10.9. The molecule has 1 aliphatic carbocycles. The molecule has 0 spiro atoms. The minimum atomic E-state index is -0.431. The summed E-state index contributed by atoms with van der Waals surface area (Å²) < 4.78 is 14.0. The smallest absolute Gasteiger partial charge is 0.123 e. The number of nitrogens with zero attached hydrogens (tertiary/aromatic N) is 5. The monoisotopic (exact) mass is 573 g/mol. The molecule has 9 nitrogen and oxygen atoms in total. The number of hydrazine groups is 2. The van der Waals surface area contributed by atoms with Crippen LogP contribution in [0.5, 0.6) is 0 Å². The molecule has 0 bridgehead atoms. The van der Waals surface area contributed by atoms with Crippen LogP contribution in [0.2, 0.25) is 0 Å². The number of pyridine rings is 2. The largest absolute Gasteiger partial charge is 0.383 e. The number of hydrogen-bond acceptors (Lipinski definition) is 9. The Morgan fingerprint density at radius 3 is 2.47 bits per heavy atom. The van der Waals surface area contributed by atoms with E-state index in [0.29, 0.717) is 39.9 Å². The van der Waals surface area contributed by atoms with E-state index in [1.807, 2.05) is 35.5 Å². The van der Waals surface area contributed by atoms with Crippen LogP contribution in [0.25, 0.3) is 10.9 Å². The Kier molecular flexibility index (Phi) is 7.09. The number of anilines is 2. The number of nitriles is 2. The maximum absolute atomic E-state index is 14.0. The number of fused-ring (bicyclic) bond motifs is 1. The van der Waals surface area contributed by atoms with Gasteiger partial charge in [0.2, 0.25) is 0 Å². The minimum absolute atomic E-state index is 0.0441. The van der Waals surface area contributed by atoms with Gasteiger partial charge in [0.1, 0.15) is 18.0 Å². The maximum Gasteiger partial charge on any atom is 0.123 e. The number of aromatic nitrogens is 2. The van der Waals surface area contributed by atoms with Gasteiger partial charge >= 0.3 is 0 Å². The van der Waals surface area contributed by atoms with Gasteiger partial charge in [0, 0.05) is 36.2 Å². The van der Waals surface area contributed by atoms with Crippen LogP contribution in [0.4, 0.5) is 15.8 Å². The van der Waals surface area contributed by atoms with Crippen LogP contribution in [-0.4, -0.2) is 21.5 Å². The third-order valence-electron chi connectivity index (χ3n) is 7.75. The molecule has 1 saturated carbocycles. The molecule has 1 fully saturated rings. The van der Waals surface area contributed by atoms with Gasteiger partial charge < -0.3 is 16.1 Å². The Labute approximate surface area is 250 Å². The molecule has 0 unspecified atom stereocenters. The van der Waals surface area contributed by atoms with Crippen molar-refractivity contribution in [2.45, 2.75) is 45.2 Å². The van der Waals surface area contributed by atoms with Crippen molar-refractivity contribution in [1.29, 1.82) is 10.5 Å². The maximum atomic E-state index is 14.0. The van der Waals surface area contributed by atoms with Gasteiger partial charge in [-0.15, -0.1) is 5.53 Å². The van der Waals surface area contributed by atoms with E-state index in [1.54, 1.807) is 24.4 Å². The lowest BCUT2D eigenvalue weighted by atomic mass is 9.96. The van der Waals surface area contributed by atoms with Gasteiger partial charge in [-0.3, -0.25) is 15.0 Å². The van der Waals surface area contributed by atoms with Gasteiger partial charge in [-0.2, -0.15) is 10.5 Å². The Morgan fingerprint density at radius 1 is 1.05 bits per heavy atom. The highest BCUT2D eigenvalue weighted by Gasteiger charge is 2.52. The van der Waals surface area contributed by atoms with E-state index >= 15 is 0 Å². The molecule has 2 aromatic carbocycles. The Balaban J connectivity index is 1.41. The minimum Gasteiger partial charge on any atom is -0.383 e. The highest BCUT2D eigenvalue weighted by atomic mass is 19.1. The van der Waals surface area contributed by atoms with Crippen molar-refractivity contribution in [3.8, 4) is 12.1 Å². The summed E-state index contributed by atoms with van der Waals surface area (Å²) in [5.41, 5.74) is 11.5. The molecule has 1 aliphatic heterocycles. The second-order valence-corrected chi connectivity index (χ2v) is 12.2. The second-order valence-electron chi connectivity index (χ2n) is 12.2. The zero-order valence-corrected chi connectivity index (χ0v) is 24.2. The number of hydrogen-bond donors (Lipinski definition) is 4. The van der Waals surface area contributed by atoms with Crippen molar-refractivity contribution < 1.29 is 4.39 Å². The van der Waals surface area contributed by atoms with Crippen molar-refractivity contribution in [3.63, 3.8) is 0 Å². The van der Waals surface area contributed by atoms with Gasteiger partial charge in [0.05, 0.1) is 45.3 Å². The van der Waals surface area contributed by atoms with Gasteiger partial charge in [0.25, 0.3) is 0 Å². The van der Waals surface area contributed by atoms with Crippen LogP contribution in [0, 0.1) is 33.9 Å². The Bertz CT molecular complexity index is 1780. The van der Waals surface area contributed by atoms with E-state index in [9.17, 15) is 14.9 Å². The van der Waals surface area contributed by atoms with Gasteiger partial charge in [-0.1, -0.05) is 39.0 Å². The predicted octanol–water partition coefficient (Wildman–Crippen LogP) is 5.98. The molecular weight excluding hydrogens is 541 g/mol. The molecular formula is C33H32FN9. The molecule has 1 atom stereocenters. The van der Waals surface area contributed by atoms with Crippen molar-refractivity contribution in [3.05, 3.63) is 107 Å². The summed E-state index contributed by atoms with van der Waals surface area (Å²) in [7, 11) is 0. The topological polar surface area (TPSA) is 125 Å². The predicted molar refractivity (Wildman–Crippen MR) is 163 cm³/mol. The molecule has 216 valence electrons. The fraction of sp³-hybridized carbons (Fsp3) is 0.273. The highest BCUT2D eigenvalue weighted by molar-refractivity contribution is 5.99. The third-order valence-corrected chi connectivity index (χ3v) is 7.75. The normalized spacial score (nSPS) is 16.0. The molecule has 4 N–H and O–H groups in total. The van der Waals surface area contributed by atoms with Crippen LogP contribution in [0.1, 0.15) is 62.0 Å². The van der Waals surface area contributed by atoms with Crippen LogP contribution in [-0.2, 0) is 5.54 Å². The van der Waals surface area contributed by atoms with Crippen LogP contribution in [0.3, 0.4) is 0 Å². The summed E-state index contributed by atoms with van der Waals surface area (Å²) in [6.07, 6.45) is 7.22. The van der Waals surface area contributed by atoms with E-state index in [0.717, 1.165) is 29.8 Å². The Morgan fingerprint density at radius 2 is 1.81 bits per heavy atom. The molecule has 0 radical (unpaired) electrons. The first-order valence-electron chi connectivity index (χ1n) is 14.2. The molecule has 6 rings (SSSR count). The van der Waals surface area contributed by atoms with Gasteiger partial charge in [0.15, 0.2) is 0 Å². The summed E-state index contributed by atoms with van der Waals surface area (Å²) in [4.78, 5) is 9.07. The zero-order valence-electron chi connectivity index (χ0n) is 24.2. The van der Waals surface area contributed by atoms with Crippen molar-refractivity contribution >= 4 is 22.3 Å². The molecule has 2 aromatic heterocycles. The van der Waals surface area contributed by atoms with Crippen molar-refractivity contribution in [1.82, 2.24) is 25.9 Å². The molecule has 43 heavy (non-hydrogen) atoms. The summed E-state index contributed by atoms with van der Waals surface area (Å²) in [5, 5.41) is 29.7.